The molecule has 0 aliphatic heterocycles. The first-order valence-corrected chi connectivity index (χ1v) is 5.57. The minimum absolute atomic E-state index is 0.640. The first kappa shape index (κ1) is 9.71. The summed E-state index contributed by atoms with van der Waals surface area (Å²) < 4.78 is 0. The second-order valence-electron chi connectivity index (χ2n) is 4.29. The molecule has 14 heavy (non-hydrogen) atoms. The Labute approximate surface area is 85.3 Å². The monoisotopic (exact) mass is 193 g/mol. The molecule has 1 aromatic heterocycles. The van der Waals surface area contributed by atoms with Crippen molar-refractivity contribution in [2.24, 2.45) is 5.92 Å². The highest BCUT2D eigenvalue weighted by molar-refractivity contribution is 4.94. The molecule has 2 rings (SSSR count). The Morgan fingerprint density at radius 1 is 1.57 bits per heavy atom. The summed E-state index contributed by atoms with van der Waals surface area (Å²) in [5.74, 6) is 0.887. The van der Waals surface area contributed by atoms with E-state index in [1.807, 2.05) is 6.20 Å². The molecule has 3 nitrogen and oxygen atoms in total. The van der Waals surface area contributed by atoms with Gasteiger partial charge in [0.05, 0.1) is 6.33 Å². The maximum Gasteiger partial charge on any atom is 0.0922 e. The molecule has 0 unspecified atom stereocenters. The van der Waals surface area contributed by atoms with Gasteiger partial charge in [0.1, 0.15) is 0 Å². The summed E-state index contributed by atoms with van der Waals surface area (Å²) in [6.07, 6.45) is 9.25. The van der Waals surface area contributed by atoms with Gasteiger partial charge in [-0.25, -0.2) is 4.98 Å². The van der Waals surface area contributed by atoms with Gasteiger partial charge in [0, 0.05) is 24.5 Å². The summed E-state index contributed by atoms with van der Waals surface area (Å²) in [6, 6.07) is 0.640. The molecule has 2 N–H and O–H groups in total. The lowest BCUT2D eigenvalue weighted by Gasteiger charge is -2.19. The van der Waals surface area contributed by atoms with E-state index in [9.17, 15) is 0 Å². The minimum atomic E-state index is 0.640. The number of rotatable bonds is 4. The molecule has 1 atom stereocenters. The number of imidazole rings is 1. The lowest BCUT2D eigenvalue weighted by molar-refractivity contribution is 0.379. The number of nitrogens with one attached hydrogen (secondary N) is 2. The first-order chi connectivity index (χ1) is 6.86. The lowest BCUT2D eigenvalue weighted by atomic mass is 10.00. The van der Waals surface area contributed by atoms with E-state index >= 15 is 0 Å². The Morgan fingerprint density at radius 2 is 2.36 bits per heavy atom. The highest BCUT2D eigenvalue weighted by atomic mass is 15.0. The van der Waals surface area contributed by atoms with Crippen LogP contribution in [0, 0.1) is 5.92 Å². The molecule has 1 heterocycles. The van der Waals surface area contributed by atoms with E-state index in [1.54, 1.807) is 6.33 Å². The third kappa shape index (κ3) is 2.35. The fourth-order valence-electron chi connectivity index (χ4n) is 2.28. The van der Waals surface area contributed by atoms with Gasteiger partial charge in [0.15, 0.2) is 0 Å². The van der Waals surface area contributed by atoms with Crippen molar-refractivity contribution in [3.8, 4) is 0 Å². The summed E-state index contributed by atoms with van der Waals surface area (Å²) in [4.78, 5) is 7.11. The molecular weight excluding hydrogens is 174 g/mol. The van der Waals surface area contributed by atoms with Crippen LogP contribution < -0.4 is 5.32 Å². The minimum Gasteiger partial charge on any atom is -0.347 e. The fraction of sp³-hybridized carbons (Fsp3) is 0.727. The highest BCUT2D eigenvalue weighted by Crippen LogP contribution is 2.27. The van der Waals surface area contributed by atoms with Crippen LogP contribution in [-0.2, 0) is 6.54 Å². The summed E-state index contributed by atoms with van der Waals surface area (Å²) >= 11 is 0. The van der Waals surface area contributed by atoms with E-state index in [-0.39, 0.29) is 0 Å². The molecule has 78 valence electrons. The van der Waals surface area contributed by atoms with E-state index in [0.29, 0.717) is 6.04 Å². The molecule has 0 spiro atoms. The molecule has 0 saturated heterocycles. The normalized spacial score (nSPS) is 20.1. The topological polar surface area (TPSA) is 40.7 Å². The Morgan fingerprint density at radius 3 is 3.00 bits per heavy atom. The van der Waals surface area contributed by atoms with Crippen molar-refractivity contribution in [3.05, 3.63) is 18.2 Å². The van der Waals surface area contributed by atoms with E-state index in [2.05, 4.69) is 22.2 Å². The number of nitrogens with zero attached hydrogens (tertiary/aromatic N) is 1. The van der Waals surface area contributed by atoms with Crippen LogP contribution in [0.3, 0.4) is 0 Å². The Hall–Kier alpha value is -0.830. The second kappa shape index (κ2) is 4.60. The van der Waals surface area contributed by atoms with Gasteiger partial charge in [0.2, 0.25) is 0 Å². The Balaban J connectivity index is 1.74. The predicted molar refractivity (Wildman–Crippen MR) is 56.8 cm³/mol. The standard InChI is InChI=1S/C11H19N3/c1-9(10-4-2-3-5-10)13-7-11-6-12-8-14-11/h6,8-10,13H,2-5,7H2,1H3,(H,12,14)/t9-/m1/s1. The van der Waals surface area contributed by atoms with Gasteiger partial charge in [-0.1, -0.05) is 12.8 Å². The maximum absolute atomic E-state index is 4.00. The molecule has 0 amide bonds. The molecule has 0 bridgehead atoms. The SMILES string of the molecule is C[C@@H](NCc1cnc[nH]1)C1CCCC1. The van der Waals surface area contributed by atoms with Crippen LogP contribution in [0.15, 0.2) is 12.5 Å². The quantitative estimate of drug-likeness (QED) is 0.768. The fourth-order valence-corrected chi connectivity index (χ4v) is 2.28. The molecular formula is C11H19N3. The van der Waals surface area contributed by atoms with Crippen molar-refractivity contribution in [3.63, 3.8) is 0 Å². The third-order valence-electron chi connectivity index (χ3n) is 3.28. The van der Waals surface area contributed by atoms with Crippen molar-refractivity contribution < 1.29 is 0 Å². The van der Waals surface area contributed by atoms with Gasteiger partial charge in [-0.2, -0.15) is 0 Å². The van der Waals surface area contributed by atoms with E-state index in [1.165, 1.54) is 31.4 Å². The van der Waals surface area contributed by atoms with Crippen LogP contribution >= 0.6 is 0 Å². The molecule has 1 aliphatic carbocycles. The average Bonchev–Trinajstić information content (AvgIpc) is 2.87. The van der Waals surface area contributed by atoms with Crippen LogP contribution in [0.25, 0.3) is 0 Å². The summed E-state index contributed by atoms with van der Waals surface area (Å²) in [5.41, 5.74) is 1.18. The first-order valence-electron chi connectivity index (χ1n) is 5.57. The largest absolute Gasteiger partial charge is 0.347 e. The van der Waals surface area contributed by atoms with E-state index in [0.717, 1.165) is 12.5 Å². The molecule has 1 aromatic rings. The zero-order valence-electron chi connectivity index (χ0n) is 8.79. The predicted octanol–water partition coefficient (Wildman–Crippen LogP) is 2.08. The van der Waals surface area contributed by atoms with Gasteiger partial charge in [-0.05, 0) is 25.7 Å². The molecule has 0 radical (unpaired) electrons. The maximum atomic E-state index is 4.00. The van der Waals surface area contributed by atoms with Crippen LogP contribution in [0.2, 0.25) is 0 Å². The zero-order chi connectivity index (χ0) is 9.80. The molecule has 1 aliphatic rings. The lowest BCUT2D eigenvalue weighted by Crippen LogP contribution is -2.31. The van der Waals surface area contributed by atoms with Crippen LogP contribution in [0.1, 0.15) is 38.3 Å². The van der Waals surface area contributed by atoms with Crippen molar-refractivity contribution in [2.75, 3.05) is 0 Å². The summed E-state index contributed by atoms with van der Waals surface area (Å²) in [7, 11) is 0. The molecule has 3 heteroatoms. The van der Waals surface area contributed by atoms with Crippen molar-refractivity contribution in [1.29, 1.82) is 0 Å². The van der Waals surface area contributed by atoms with Crippen molar-refractivity contribution in [1.82, 2.24) is 15.3 Å². The average molecular weight is 193 g/mol. The van der Waals surface area contributed by atoms with Crippen LogP contribution in [-0.4, -0.2) is 16.0 Å². The smallest absolute Gasteiger partial charge is 0.0922 e. The highest BCUT2D eigenvalue weighted by Gasteiger charge is 2.20. The Bertz CT molecular complexity index is 250. The van der Waals surface area contributed by atoms with Gasteiger partial charge < -0.3 is 10.3 Å². The number of aromatic nitrogens is 2. The number of H-pyrrole nitrogens is 1. The van der Waals surface area contributed by atoms with Crippen LogP contribution in [0.5, 0.6) is 0 Å². The van der Waals surface area contributed by atoms with Crippen LogP contribution in [0.4, 0.5) is 0 Å². The summed E-state index contributed by atoms with van der Waals surface area (Å²) in [6.45, 7) is 3.21. The van der Waals surface area contributed by atoms with E-state index in [4.69, 9.17) is 0 Å². The molecule has 1 saturated carbocycles. The van der Waals surface area contributed by atoms with Gasteiger partial charge in [0.25, 0.3) is 0 Å². The number of hydrogen-bond donors (Lipinski definition) is 2. The van der Waals surface area contributed by atoms with E-state index < -0.39 is 0 Å². The second-order valence-corrected chi connectivity index (χ2v) is 4.29. The zero-order valence-corrected chi connectivity index (χ0v) is 8.79. The number of hydrogen-bond acceptors (Lipinski definition) is 2. The van der Waals surface area contributed by atoms with Gasteiger partial charge >= 0.3 is 0 Å². The van der Waals surface area contributed by atoms with Gasteiger partial charge in [-0.3, -0.25) is 0 Å². The molecule has 1 fully saturated rings. The van der Waals surface area contributed by atoms with Crippen molar-refractivity contribution >= 4 is 0 Å². The Kier molecular flexibility index (Phi) is 3.19. The third-order valence-corrected chi connectivity index (χ3v) is 3.28. The van der Waals surface area contributed by atoms with Crippen molar-refractivity contribution in [2.45, 2.75) is 45.2 Å². The van der Waals surface area contributed by atoms with Gasteiger partial charge in [-0.15, -0.1) is 0 Å². The molecule has 0 aromatic carbocycles. The number of aromatic amines is 1. The summed E-state index contributed by atoms with van der Waals surface area (Å²) in [5, 5.41) is 3.56.